The summed E-state index contributed by atoms with van der Waals surface area (Å²) >= 11 is 0. The van der Waals surface area contributed by atoms with Gasteiger partial charge in [0, 0.05) is 5.92 Å². The Morgan fingerprint density at radius 1 is 1.11 bits per heavy atom. The second-order valence-corrected chi connectivity index (χ2v) is 4.99. The number of hydrogen-bond acceptors (Lipinski definition) is 5. The number of nitrogens with zero attached hydrogens (tertiary/aromatic N) is 2. The van der Waals surface area contributed by atoms with Crippen molar-refractivity contribution in [3.8, 4) is 23.0 Å². The highest BCUT2D eigenvalue weighted by atomic mass is 16.5. The molecule has 2 aromatic rings. The van der Waals surface area contributed by atoms with Gasteiger partial charge < -0.3 is 14.7 Å². The van der Waals surface area contributed by atoms with E-state index in [-0.39, 0.29) is 17.4 Å². The van der Waals surface area contributed by atoms with Crippen LogP contribution < -0.4 is 0 Å². The molecule has 100 valence electrons. The molecule has 19 heavy (non-hydrogen) atoms. The first-order valence-corrected chi connectivity index (χ1v) is 6.60. The number of phenols is 2. The van der Waals surface area contributed by atoms with E-state index in [1.165, 1.54) is 37.5 Å². The summed E-state index contributed by atoms with van der Waals surface area (Å²) in [6, 6.07) is 4.25. The fourth-order valence-electron chi connectivity index (χ4n) is 2.57. The number of phenolic OH excluding ortho intramolecular Hbond substituents is 2. The molecule has 0 aliphatic heterocycles. The Morgan fingerprint density at radius 2 is 1.89 bits per heavy atom. The molecule has 1 aliphatic rings. The lowest BCUT2D eigenvalue weighted by molar-refractivity contribution is 0.383. The highest BCUT2D eigenvalue weighted by Gasteiger charge is 2.22. The molecule has 5 nitrogen and oxygen atoms in total. The second kappa shape index (κ2) is 4.91. The van der Waals surface area contributed by atoms with Crippen molar-refractivity contribution in [3.05, 3.63) is 24.0 Å². The molecule has 1 fully saturated rings. The lowest BCUT2D eigenvalue weighted by Gasteiger charge is -2.17. The zero-order valence-corrected chi connectivity index (χ0v) is 10.5. The van der Waals surface area contributed by atoms with Gasteiger partial charge in [-0.1, -0.05) is 24.4 Å². The first-order valence-electron chi connectivity index (χ1n) is 6.60. The number of aromatic nitrogens is 2. The molecule has 0 saturated heterocycles. The normalized spacial score (nSPS) is 16.6. The molecule has 3 rings (SSSR count). The Kier molecular flexibility index (Phi) is 3.11. The molecular weight excluding hydrogens is 244 g/mol. The third-order valence-electron chi connectivity index (χ3n) is 3.62. The van der Waals surface area contributed by atoms with Gasteiger partial charge in [-0.2, -0.15) is 4.98 Å². The summed E-state index contributed by atoms with van der Waals surface area (Å²) in [6.45, 7) is 0. The van der Waals surface area contributed by atoms with Crippen molar-refractivity contribution in [2.75, 3.05) is 0 Å². The highest BCUT2D eigenvalue weighted by molar-refractivity contribution is 5.64. The van der Waals surface area contributed by atoms with E-state index >= 15 is 0 Å². The molecule has 0 bridgehead atoms. The summed E-state index contributed by atoms with van der Waals surface area (Å²) in [5.41, 5.74) is 0.370. The maximum absolute atomic E-state index is 9.77. The van der Waals surface area contributed by atoms with Crippen LogP contribution in [-0.4, -0.2) is 20.4 Å². The van der Waals surface area contributed by atoms with Crippen LogP contribution in [0, 0.1) is 0 Å². The fourth-order valence-corrected chi connectivity index (χ4v) is 2.57. The third-order valence-corrected chi connectivity index (χ3v) is 3.62. The Balaban J connectivity index is 1.89. The van der Waals surface area contributed by atoms with Crippen LogP contribution in [0.1, 0.15) is 43.8 Å². The van der Waals surface area contributed by atoms with Crippen LogP contribution in [0.15, 0.2) is 22.7 Å². The zero-order valence-electron chi connectivity index (χ0n) is 10.5. The molecule has 0 spiro atoms. The molecule has 0 unspecified atom stereocenters. The van der Waals surface area contributed by atoms with Crippen LogP contribution in [0.4, 0.5) is 0 Å². The van der Waals surface area contributed by atoms with Crippen molar-refractivity contribution in [3.63, 3.8) is 0 Å². The van der Waals surface area contributed by atoms with Crippen molar-refractivity contribution in [2.45, 2.75) is 38.0 Å². The molecular formula is C14H16N2O3. The smallest absolute Gasteiger partial charge is 0.261 e. The van der Waals surface area contributed by atoms with Gasteiger partial charge >= 0.3 is 0 Å². The Hall–Kier alpha value is -2.04. The van der Waals surface area contributed by atoms with E-state index in [0.29, 0.717) is 17.3 Å². The number of hydrogen-bond donors (Lipinski definition) is 2. The Bertz CT molecular complexity index is 574. The van der Waals surface area contributed by atoms with E-state index in [4.69, 9.17) is 4.52 Å². The molecule has 1 saturated carbocycles. The van der Waals surface area contributed by atoms with Gasteiger partial charge in [0.15, 0.2) is 5.82 Å². The molecule has 1 aromatic heterocycles. The Labute approximate surface area is 110 Å². The average molecular weight is 260 g/mol. The maximum atomic E-state index is 9.77. The van der Waals surface area contributed by atoms with Gasteiger partial charge in [0.2, 0.25) is 0 Å². The van der Waals surface area contributed by atoms with Crippen LogP contribution in [0.5, 0.6) is 11.5 Å². The van der Waals surface area contributed by atoms with Crippen LogP contribution in [-0.2, 0) is 0 Å². The van der Waals surface area contributed by atoms with Crippen molar-refractivity contribution in [1.82, 2.24) is 10.1 Å². The van der Waals surface area contributed by atoms with Gasteiger partial charge in [-0.25, -0.2) is 0 Å². The van der Waals surface area contributed by atoms with Crippen LogP contribution in [0.3, 0.4) is 0 Å². The van der Waals surface area contributed by atoms with Gasteiger partial charge in [-0.05, 0) is 31.0 Å². The van der Waals surface area contributed by atoms with Crippen LogP contribution >= 0.6 is 0 Å². The Morgan fingerprint density at radius 3 is 2.68 bits per heavy atom. The molecule has 2 N–H and O–H groups in total. The minimum absolute atomic E-state index is 0.0247. The number of aromatic hydroxyl groups is 2. The summed E-state index contributed by atoms with van der Waals surface area (Å²) in [6.07, 6.45) is 5.85. The maximum Gasteiger partial charge on any atom is 0.261 e. The predicted molar refractivity (Wildman–Crippen MR) is 68.9 cm³/mol. The lowest BCUT2D eigenvalue weighted by atomic mass is 9.89. The number of rotatable bonds is 2. The van der Waals surface area contributed by atoms with Crippen molar-refractivity contribution < 1.29 is 14.7 Å². The third kappa shape index (κ3) is 2.41. The average Bonchev–Trinajstić information content (AvgIpc) is 2.92. The van der Waals surface area contributed by atoms with E-state index in [9.17, 15) is 10.2 Å². The molecule has 1 heterocycles. The van der Waals surface area contributed by atoms with E-state index in [2.05, 4.69) is 10.1 Å². The molecule has 5 heteroatoms. The van der Waals surface area contributed by atoms with Gasteiger partial charge in [0.25, 0.3) is 5.89 Å². The van der Waals surface area contributed by atoms with Gasteiger partial charge in [-0.15, -0.1) is 0 Å². The molecule has 0 radical (unpaired) electrons. The van der Waals surface area contributed by atoms with E-state index in [1.54, 1.807) is 0 Å². The topological polar surface area (TPSA) is 79.4 Å². The summed E-state index contributed by atoms with van der Waals surface area (Å²) in [7, 11) is 0. The largest absolute Gasteiger partial charge is 0.508 e. The van der Waals surface area contributed by atoms with Crippen LogP contribution in [0.25, 0.3) is 11.5 Å². The molecule has 0 amide bonds. The summed E-state index contributed by atoms with van der Waals surface area (Å²) in [5, 5.41) is 23.2. The standard InChI is InChI=1S/C14H16N2O3/c17-10-6-7-12(18)11(8-10)14-15-13(16-19-14)9-4-2-1-3-5-9/h6-9,17-18H,1-5H2. The van der Waals surface area contributed by atoms with Gasteiger partial charge in [0.1, 0.15) is 11.5 Å². The quantitative estimate of drug-likeness (QED) is 0.810. The second-order valence-electron chi connectivity index (χ2n) is 4.99. The number of benzene rings is 1. The lowest BCUT2D eigenvalue weighted by Crippen LogP contribution is -2.06. The van der Waals surface area contributed by atoms with Gasteiger partial charge in [0.05, 0.1) is 5.56 Å². The molecule has 1 aromatic carbocycles. The summed E-state index contributed by atoms with van der Waals surface area (Å²) in [4.78, 5) is 4.36. The first-order chi connectivity index (χ1) is 9.24. The minimum Gasteiger partial charge on any atom is -0.508 e. The fraction of sp³-hybridized carbons (Fsp3) is 0.429. The molecule has 0 atom stereocenters. The van der Waals surface area contributed by atoms with Crippen LogP contribution in [0.2, 0.25) is 0 Å². The first kappa shape index (κ1) is 12.0. The minimum atomic E-state index is 0.0247. The van der Waals surface area contributed by atoms with E-state index in [0.717, 1.165) is 12.8 Å². The zero-order chi connectivity index (χ0) is 13.2. The van der Waals surface area contributed by atoms with Crippen molar-refractivity contribution in [2.24, 2.45) is 0 Å². The summed E-state index contributed by atoms with van der Waals surface area (Å²) in [5.74, 6) is 1.40. The monoisotopic (exact) mass is 260 g/mol. The van der Waals surface area contributed by atoms with Gasteiger partial charge in [-0.3, -0.25) is 0 Å². The van der Waals surface area contributed by atoms with E-state index in [1.807, 2.05) is 0 Å². The highest BCUT2D eigenvalue weighted by Crippen LogP contribution is 2.34. The summed E-state index contributed by atoms with van der Waals surface area (Å²) < 4.78 is 5.21. The van der Waals surface area contributed by atoms with Crippen molar-refractivity contribution >= 4 is 0 Å². The van der Waals surface area contributed by atoms with E-state index < -0.39 is 0 Å². The van der Waals surface area contributed by atoms with Crippen molar-refractivity contribution in [1.29, 1.82) is 0 Å². The molecule has 1 aliphatic carbocycles. The predicted octanol–water partition coefficient (Wildman–Crippen LogP) is 3.20. The SMILES string of the molecule is Oc1ccc(O)c(-c2nc(C3CCCCC3)no2)c1.